The highest BCUT2D eigenvalue weighted by Gasteiger charge is 2.68. The van der Waals surface area contributed by atoms with Gasteiger partial charge in [0.2, 0.25) is 12.7 Å². The van der Waals surface area contributed by atoms with Crippen LogP contribution in [0.25, 0.3) is 10.8 Å². The van der Waals surface area contributed by atoms with Crippen LogP contribution < -0.4 is 19.1 Å². The van der Waals surface area contributed by atoms with Gasteiger partial charge in [-0.05, 0) is 82.0 Å². The average Bonchev–Trinajstić information content (AvgIpc) is 3.77. The van der Waals surface area contributed by atoms with E-state index in [1.807, 2.05) is 42.5 Å². The molecular formula is C39H39NO6. The summed E-state index contributed by atoms with van der Waals surface area (Å²) < 4.78 is 23.3. The Kier molecular flexibility index (Phi) is 6.61. The molecule has 2 unspecified atom stereocenters. The van der Waals surface area contributed by atoms with Crippen LogP contribution in [0.4, 0.5) is 5.69 Å². The normalized spacial score (nSPS) is 29.0. The first-order chi connectivity index (χ1) is 22.2. The van der Waals surface area contributed by atoms with E-state index < -0.39 is 17.8 Å². The standard InChI is InChI=1S/C39H39NO6/c1-38(2)30-18-19-39(38,3)34(28-11-7-9-23-8-5-6-10-27(23)28)35(30)46-37(42)33-29(24-12-17-31-32(20-24)45-22-44-31)21-40(36(33)41)25-13-15-26(43-4)16-14-25/h5-17,20,29-30,33-35H,18-19,21-22H2,1-4H3/t29?,30-,33?,34-,35-,39+/m0/s1. The van der Waals surface area contributed by atoms with Crippen LogP contribution in [0.1, 0.15) is 56.6 Å². The van der Waals surface area contributed by atoms with E-state index in [-0.39, 0.29) is 41.5 Å². The van der Waals surface area contributed by atoms with E-state index in [4.69, 9.17) is 18.9 Å². The topological polar surface area (TPSA) is 74.3 Å². The number of ether oxygens (including phenoxy) is 4. The van der Waals surface area contributed by atoms with Crippen LogP contribution in [0.3, 0.4) is 0 Å². The monoisotopic (exact) mass is 617 g/mol. The summed E-state index contributed by atoms with van der Waals surface area (Å²) in [4.78, 5) is 30.6. The molecule has 2 saturated carbocycles. The Labute approximate surface area is 269 Å². The summed E-state index contributed by atoms with van der Waals surface area (Å²) in [5.41, 5.74) is 2.66. The minimum absolute atomic E-state index is 0.00879. The molecule has 0 N–H and O–H groups in total. The van der Waals surface area contributed by atoms with Gasteiger partial charge in [-0.25, -0.2) is 0 Å². The molecule has 2 aliphatic heterocycles. The number of carbonyl (C=O) groups is 2. The fourth-order valence-electron chi connectivity index (χ4n) is 9.12. The van der Waals surface area contributed by atoms with Crippen LogP contribution in [0.2, 0.25) is 0 Å². The number of methoxy groups -OCH3 is 1. The Bertz CT molecular complexity index is 1840. The molecule has 0 spiro atoms. The largest absolute Gasteiger partial charge is 0.497 e. The average molecular weight is 618 g/mol. The zero-order valence-electron chi connectivity index (χ0n) is 26.7. The molecule has 4 aromatic rings. The Hall–Kier alpha value is -4.52. The molecule has 8 rings (SSSR count). The molecule has 3 fully saturated rings. The van der Waals surface area contributed by atoms with Crippen LogP contribution in [-0.4, -0.2) is 38.4 Å². The maximum Gasteiger partial charge on any atom is 0.319 e. The third kappa shape index (κ3) is 4.16. The Morgan fingerprint density at radius 3 is 2.48 bits per heavy atom. The van der Waals surface area contributed by atoms with E-state index >= 15 is 0 Å². The number of fused-ring (bicyclic) bond motifs is 4. The fraction of sp³-hybridized carbons (Fsp3) is 0.385. The first kappa shape index (κ1) is 28.9. The molecule has 6 atom stereocenters. The van der Waals surface area contributed by atoms with Gasteiger partial charge in [0.15, 0.2) is 11.5 Å². The number of rotatable bonds is 6. The van der Waals surface area contributed by atoms with Gasteiger partial charge in [0.25, 0.3) is 0 Å². The van der Waals surface area contributed by atoms with Gasteiger partial charge < -0.3 is 23.8 Å². The van der Waals surface area contributed by atoms with Gasteiger partial charge in [-0.3, -0.25) is 9.59 Å². The molecular weight excluding hydrogens is 578 g/mol. The summed E-state index contributed by atoms with van der Waals surface area (Å²) in [5.74, 6) is 0.0523. The molecule has 2 aliphatic carbocycles. The lowest BCUT2D eigenvalue weighted by atomic mass is 9.64. The van der Waals surface area contributed by atoms with Crippen LogP contribution in [-0.2, 0) is 14.3 Å². The van der Waals surface area contributed by atoms with Crippen molar-refractivity contribution in [3.05, 3.63) is 96.1 Å². The lowest BCUT2D eigenvalue weighted by Crippen LogP contribution is -2.39. The summed E-state index contributed by atoms with van der Waals surface area (Å²) in [7, 11) is 1.61. The van der Waals surface area contributed by atoms with E-state index in [1.54, 1.807) is 12.0 Å². The van der Waals surface area contributed by atoms with Crippen molar-refractivity contribution in [3.63, 3.8) is 0 Å². The smallest absolute Gasteiger partial charge is 0.319 e. The molecule has 7 heteroatoms. The van der Waals surface area contributed by atoms with Gasteiger partial charge in [-0.2, -0.15) is 0 Å². The molecule has 236 valence electrons. The van der Waals surface area contributed by atoms with Crippen molar-refractivity contribution in [2.75, 3.05) is 25.3 Å². The predicted octanol–water partition coefficient (Wildman–Crippen LogP) is 7.48. The number of esters is 1. The van der Waals surface area contributed by atoms with Gasteiger partial charge in [0, 0.05) is 30.0 Å². The Balaban J connectivity index is 1.18. The highest BCUT2D eigenvalue weighted by atomic mass is 16.7. The van der Waals surface area contributed by atoms with Gasteiger partial charge in [0.05, 0.1) is 7.11 Å². The summed E-state index contributed by atoms with van der Waals surface area (Å²) in [6, 6.07) is 28.0. The zero-order chi connectivity index (χ0) is 31.8. The molecule has 0 radical (unpaired) electrons. The SMILES string of the molecule is COc1ccc(N2CC(c3ccc4c(c3)OCO4)C(C(=O)O[C@H]3[C@@H]4CC[C@](C)([C@H]3c3cccc5ccccc35)C4(C)C)C2=O)cc1. The van der Waals surface area contributed by atoms with Crippen molar-refractivity contribution in [2.45, 2.75) is 51.6 Å². The number of benzene rings is 4. The fourth-order valence-corrected chi connectivity index (χ4v) is 9.12. The highest BCUT2D eigenvalue weighted by Crippen LogP contribution is 2.72. The van der Waals surface area contributed by atoms with Crippen molar-refractivity contribution in [2.24, 2.45) is 22.7 Å². The van der Waals surface area contributed by atoms with Gasteiger partial charge in [-0.15, -0.1) is 0 Å². The number of anilines is 1. The molecule has 1 amide bonds. The molecule has 2 bridgehead atoms. The molecule has 4 aliphatic rings. The van der Waals surface area contributed by atoms with Gasteiger partial charge in [0.1, 0.15) is 17.8 Å². The highest BCUT2D eigenvalue weighted by molar-refractivity contribution is 6.09. The minimum atomic E-state index is -0.995. The predicted molar refractivity (Wildman–Crippen MR) is 175 cm³/mol. The first-order valence-corrected chi connectivity index (χ1v) is 16.2. The number of hydrogen-bond acceptors (Lipinski definition) is 6. The van der Waals surface area contributed by atoms with Crippen molar-refractivity contribution in [1.29, 1.82) is 0 Å². The van der Waals surface area contributed by atoms with Crippen molar-refractivity contribution in [1.82, 2.24) is 0 Å². The summed E-state index contributed by atoms with van der Waals surface area (Å²) in [5, 5.41) is 2.37. The van der Waals surface area contributed by atoms with E-state index in [1.165, 1.54) is 16.3 Å². The van der Waals surface area contributed by atoms with Crippen molar-refractivity contribution in [3.8, 4) is 17.2 Å². The van der Waals surface area contributed by atoms with E-state index in [2.05, 4.69) is 63.2 Å². The quantitative estimate of drug-likeness (QED) is 0.165. The maximum absolute atomic E-state index is 14.6. The molecule has 2 heterocycles. The van der Waals surface area contributed by atoms with Crippen LogP contribution in [0, 0.1) is 22.7 Å². The Morgan fingerprint density at radius 2 is 1.67 bits per heavy atom. The van der Waals surface area contributed by atoms with Gasteiger partial charge in [-0.1, -0.05) is 69.3 Å². The minimum Gasteiger partial charge on any atom is -0.497 e. The van der Waals surface area contributed by atoms with E-state index in [9.17, 15) is 9.59 Å². The molecule has 4 aromatic carbocycles. The molecule has 46 heavy (non-hydrogen) atoms. The van der Waals surface area contributed by atoms with Crippen molar-refractivity contribution >= 4 is 28.3 Å². The summed E-state index contributed by atoms with van der Waals surface area (Å²) in [6.45, 7) is 7.53. The van der Waals surface area contributed by atoms with E-state index in [0.717, 1.165) is 18.4 Å². The first-order valence-electron chi connectivity index (χ1n) is 16.2. The maximum atomic E-state index is 14.6. The third-order valence-corrected chi connectivity index (χ3v) is 12.0. The second-order valence-electron chi connectivity index (χ2n) is 14.1. The summed E-state index contributed by atoms with van der Waals surface area (Å²) >= 11 is 0. The lowest BCUT2D eigenvalue weighted by Gasteiger charge is -2.40. The van der Waals surface area contributed by atoms with Crippen molar-refractivity contribution < 1.29 is 28.5 Å². The van der Waals surface area contributed by atoms with Gasteiger partial charge >= 0.3 is 5.97 Å². The van der Waals surface area contributed by atoms with E-state index in [0.29, 0.717) is 29.5 Å². The number of carbonyl (C=O) groups excluding carboxylic acids is 2. The number of nitrogens with zero attached hydrogens (tertiary/aromatic N) is 1. The molecule has 7 nitrogen and oxygen atoms in total. The van der Waals surface area contributed by atoms with Crippen LogP contribution >= 0.6 is 0 Å². The number of hydrogen-bond donors (Lipinski definition) is 0. The summed E-state index contributed by atoms with van der Waals surface area (Å²) in [6.07, 6.45) is 1.72. The zero-order valence-corrected chi connectivity index (χ0v) is 26.7. The van der Waals surface area contributed by atoms with Crippen LogP contribution in [0.15, 0.2) is 84.9 Å². The number of amides is 1. The van der Waals surface area contributed by atoms with Crippen LogP contribution in [0.5, 0.6) is 17.2 Å². The molecule has 1 saturated heterocycles. The second kappa shape index (κ2) is 10.5. The third-order valence-electron chi connectivity index (χ3n) is 12.0. The molecule has 0 aromatic heterocycles. The lowest BCUT2D eigenvalue weighted by molar-refractivity contribution is -0.160. The second-order valence-corrected chi connectivity index (χ2v) is 14.1. The Morgan fingerprint density at radius 1 is 0.913 bits per heavy atom.